The predicted molar refractivity (Wildman–Crippen MR) is 137 cm³/mol. The lowest BCUT2D eigenvalue weighted by atomic mass is 10.1. The average Bonchev–Trinajstić information content (AvgIpc) is 3.30. The van der Waals surface area contributed by atoms with Crippen molar-refractivity contribution in [3.63, 3.8) is 0 Å². The van der Waals surface area contributed by atoms with Gasteiger partial charge in [-0.2, -0.15) is 5.10 Å². The summed E-state index contributed by atoms with van der Waals surface area (Å²) >= 11 is 0. The van der Waals surface area contributed by atoms with Crippen LogP contribution in [0.1, 0.15) is 18.5 Å². The average molecular weight is 547 g/mol. The number of para-hydroxylation sites is 1. The molecule has 170 valence electrons. The largest absolute Gasteiger partial charge is 0.497 e. The molecule has 32 heavy (non-hydrogen) atoms. The van der Waals surface area contributed by atoms with Gasteiger partial charge in [-0.15, -0.1) is 24.0 Å². The van der Waals surface area contributed by atoms with Crippen LogP contribution in [-0.4, -0.2) is 54.0 Å². The Morgan fingerprint density at radius 3 is 2.41 bits per heavy atom. The summed E-state index contributed by atoms with van der Waals surface area (Å²) in [4.78, 5) is 6.75. The first kappa shape index (κ1) is 23.9. The van der Waals surface area contributed by atoms with E-state index >= 15 is 0 Å². The summed E-state index contributed by atoms with van der Waals surface area (Å²) in [5, 5.41) is 8.11. The van der Waals surface area contributed by atoms with E-state index < -0.39 is 0 Å². The van der Waals surface area contributed by atoms with Crippen LogP contribution in [0.5, 0.6) is 11.5 Å². The summed E-state index contributed by atoms with van der Waals surface area (Å²) < 4.78 is 13.2. The van der Waals surface area contributed by atoms with Crippen LogP contribution in [0, 0.1) is 0 Å². The van der Waals surface area contributed by atoms with Crippen LogP contribution in [0.4, 0.5) is 0 Å². The van der Waals surface area contributed by atoms with Gasteiger partial charge < -0.3 is 19.7 Å². The molecule has 2 aromatic carbocycles. The third kappa shape index (κ3) is 6.15. The van der Waals surface area contributed by atoms with Crippen molar-refractivity contribution in [1.29, 1.82) is 0 Å². The highest BCUT2D eigenvalue weighted by Gasteiger charge is 2.22. The van der Waals surface area contributed by atoms with Crippen LogP contribution >= 0.6 is 24.0 Å². The molecule has 1 aliphatic rings. The van der Waals surface area contributed by atoms with E-state index in [4.69, 9.17) is 9.47 Å². The lowest BCUT2D eigenvalue weighted by Crippen LogP contribution is -2.47. The fourth-order valence-corrected chi connectivity index (χ4v) is 3.71. The normalized spacial score (nSPS) is 14.6. The second-order valence-corrected chi connectivity index (χ2v) is 7.47. The molecule has 0 bridgehead atoms. The Kier molecular flexibility index (Phi) is 8.78. The molecule has 1 fully saturated rings. The Labute approximate surface area is 206 Å². The number of likely N-dealkylation sites (tertiary alicyclic amines) is 1. The van der Waals surface area contributed by atoms with Gasteiger partial charge in [-0.25, -0.2) is 4.68 Å². The third-order valence-corrected chi connectivity index (χ3v) is 5.41. The number of methoxy groups -OCH3 is 1. The van der Waals surface area contributed by atoms with Crippen molar-refractivity contribution in [1.82, 2.24) is 20.0 Å². The Morgan fingerprint density at radius 1 is 1.03 bits per heavy atom. The van der Waals surface area contributed by atoms with E-state index in [1.165, 1.54) is 0 Å². The quantitative estimate of drug-likeness (QED) is 0.286. The highest BCUT2D eigenvalue weighted by atomic mass is 127. The number of piperidine rings is 1. The predicted octanol–water partition coefficient (Wildman–Crippen LogP) is 4.12. The van der Waals surface area contributed by atoms with E-state index in [0.717, 1.165) is 54.8 Å². The molecule has 0 atom stereocenters. The van der Waals surface area contributed by atoms with Crippen molar-refractivity contribution in [2.75, 3.05) is 27.2 Å². The topological polar surface area (TPSA) is 63.9 Å². The number of hydrogen-bond donors (Lipinski definition) is 1. The molecule has 0 spiro atoms. The molecular formula is C24H30IN5O2. The number of aromatic nitrogens is 2. The SMILES string of the molecule is CN=C(NCc1ccn(-c2ccc(OC)cc2)n1)N1CCC(Oc2ccccc2)CC1.I. The molecule has 1 aromatic heterocycles. The third-order valence-electron chi connectivity index (χ3n) is 5.41. The fraction of sp³-hybridized carbons (Fsp3) is 0.333. The molecule has 0 radical (unpaired) electrons. The van der Waals surface area contributed by atoms with Gasteiger partial charge in [0.2, 0.25) is 0 Å². The van der Waals surface area contributed by atoms with E-state index in [2.05, 4.69) is 20.3 Å². The molecule has 3 aromatic rings. The number of nitrogens with one attached hydrogen (secondary N) is 1. The monoisotopic (exact) mass is 547 g/mol. The van der Waals surface area contributed by atoms with E-state index in [0.29, 0.717) is 6.54 Å². The first-order chi connectivity index (χ1) is 15.2. The second kappa shape index (κ2) is 11.8. The summed E-state index contributed by atoms with van der Waals surface area (Å²) in [6.07, 6.45) is 4.16. The molecule has 7 nitrogen and oxygen atoms in total. The Hall–Kier alpha value is -2.75. The first-order valence-electron chi connectivity index (χ1n) is 10.6. The van der Waals surface area contributed by atoms with Crippen molar-refractivity contribution in [2.45, 2.75) is 25.5 Å². The van der Waals surface area contributed by atoms with Gasteiger partial charge in [0.15, 0.2) is 5.96 Å². The maximum absolute atomic E-state index is 6.10. The summed E-state index contributed by atoms with van der Waals surface area (Å²) in [5.74, 6) is 2.67. The van der Waals surface area contributed by atoms with Crippen molar-refractivity contribution < 1.29 is 9.47 Å². The van der Waals surface area contributed by atoms with E-state index in [1.54, 1.807) is 7.11 Å². The summed E-state index contributed by atoms with van der Waals surface area (Å²) in [5.41, 5.74) is 1.95. The smallest absolute Gasteiger partial charge is 0.193 e. The first-order valence-corrected chi connectivity index (χ1v) is 10.6. The summed E-state index contributed by atoms with van der Waals surface area (Å²) in [7, 11) is 3.49. The maximum Gasteiger partial charge on any atom is 0.193 e. The minimum atomic E-state index is 0. The maximum atomic E-state index is 6.10. The fourth-order valence-electron chi connectivity index (χ4n) is 3.71. The van der Waals surface area contributed by atoms with Crippen LogP contribution < -0.4 is 14.8 Å². The molecule has 0 saturated carbocycles. The number of aliphatic imine (C=N–C) groups is 1. The summed E-state index contributed by atoms with van der Waals surface area (Å²) in [6, 6.07) is 19.9. The molecule has 2 heterocycles. The zero-order valence-corrected chi connectivity index (χ0v) is 20.8. The standard InChI is InChI=1S/C24H29N5O2.HI/c1-25-24(28-15-13-23(14-16-28)31-22-6-4-3-5-7-22)26-18-19-12-17-29(27-19)20-8-10-21(30-2)11-9-20;/h3-12,17,23H,13-16,18H2,1-2H3,(H,25,26);1H. The van der Waals surface area contributed by atoms with E-state index in [1.807, 2.05) is 78.6 Å². The molecular weight excluding hydrogens is 517 g/mol. The second-order valence-electron chi connectivity index (χ2n) is 7.47. The molecule has 8 heteroatoms. The Bertz CT molecular complexity index is 983. The molecule has 1 N–H and O–H groups in total. The van der Waals surface area contributed by atoms with Gasteiger partial charge in [0.05, 0.1) is 25.0 Å². The number of halogens is 1. The number of hydrogen-bond acceptors (Lipinski definition) is 4. The highest BCUT2D eigenvalue weighted by molar-refractivity contribution is 14.0. The van der Waals surface area contributed by atoms with Crippen molar-refractivity contribution in [3.05, 3.63) is 72.6 Å². The van der Waals surface area contributed by atoms with Crippen LogP contribution in [0.15, 0.2) is 71.9 Å². The van der Waals surface area contributed by atoms with Crippen LogP contribution in [0.2, 0.25) is 0 Å². The van der Waals surface area contributed by atoms with Crippen molar-refractivity contribution in [2.24, 2.45) is 4.99 Å². The lowest BCUT2D eigenvalue weighted by Gasteiger charge is -2.34. The molecule has 0 aliphatic carbocycles. The van der Waals surface area contributed by atoms with Gasteiger partial charge in [0.25, 0.3) is 0 Å². The van der Waals surface area contributed by atoms with Crippen molar-refractivity contribution in [3.8, 4) is 17.2 Å². The molecule has 0 unspecified atom stereocenters. The number of guanidine groups is 1. The molecule has 4 rings (SSSR count). The van der Waals surface area contributed by atoms with Crippen molar-refractivity contribution >= 4 is 29.9 Å². The Morgan fingerprint density at radius 2 is 1.75 bits per heavy atom. The number of rotatable bonds is 6. The van der Waals surface area contributed by atoms with Gasteiger partial charge in [-0.1, -0.05) is 18.2 Å². The van der Waals surface area contributed by atoms with Gasteiger partial charge in [0, 0.05) is 39.2 Å². The number of ether oxygens (including phenoxy) is 2. The van der Waals surface area contributed by atoms with Gasteiger partial charge in [-0.05, 0) is 42.5 Å². The minimum absolute atomic E-state index is 0. The zero-order valence-electron chi connectivity index (χ0n) is 18.5. The number of benzene rings is 2. The molecule has 1 saturated heterocycles. The summed E-state index contributed by atoms with van der Waals surface area (Å²) in [6.45, 7) is 2.45. The lowest BCUT2D eigenvalue weighted by molar-refractivity contribution is 0.129. The molecule has 1 aliphatic heterocycles. The number of nitrogens with zero attached hydrogens (tertiary/aromatic N) is 4. The van der Waals surface area contributed by atoms with Gasteiger partial charge in [0.1, 0.15) is 17.6 Å². The van der Waals surface area contributed by atoms with Crippen LogP contribution in [0.25, 0.3) is 5.69 Å². The molecule has 0 amide bonds. The zero-order chi connectivity index (χ0) is 21.5. The van der Waals surface area contributed by atoms with Gasteiger partial charge >= 0.3 is 0 Å². The van der Waals surface area contributed by atoms with E-state index in [-0.39, 0.29) is 30.1 Å². The highest BCUT2D eigenvalue weighted by Crippen LogP contribution is 2.19. The van der Waals surface area contributed by atoms with Crippen LogP contribution in [-0.2, 0) is 6.54 Å². The van der Waals surface area contributed by atoms with E-state index in [9.17, 15) is 0 Å². The van der Waals surface area contributed by atoms with Crippen LogP contribution in [0.3, 0.4) is 0 Å². The van der Waals surface area contributed by atoms with Gasteiger partial charge in [-0.3, -0.25) is 4.99 Å². The Balaban J connectivity index is 0.00000289. The minimum Gasteiger partial charge on any atom is -0.497 e.